The van der Waals surface area contributed by atoms with Crippen molar-refractivity contribution in [3.63, 3.8) is 0 Å². The van der Waals surface area contributed by atoms with Crippen LogP contribution in [0.3, 0.4) is 0 Å². The molecule has 0 aliphatic rings. The standard InChI is InChI=1S/C14H20N2O2S/c1-5-6-11-12(18-14(19)16(3)4)8-7-10(9(2)17)13(11)15/h7-8H,5-6,15H2,1-4H3. The Bertz CT molecular complexity index is 498. The average Bonchev–Trinajstić information content (AvgIpc) is 2.33. The molecular weight excluding hydrogens is 260 g/mol. The SMILES string of the molecule is CCCc1c(OC(=S)N(C)C)ccc(C(C)=O)c1N. The molecule has 0 radical (unpaired) electrons. The maximum absolute atomic E-state index is 11.5. The van der Waals surface area contributed by atoms with Crippen molar-refractivity contribution in [1.29, 1.82) is 0 Å². The molecule has 0 unspecified atom stereocenters. The summed E-state index contributed by atoms with van der Waals surface area (Å²) >= 11 is 5.13. The number of rotatable bonds is 4. The molecule has 0 atom stereocenters. The van der Waals surface area contributed by atoms with Gasteiger partial charge in [0.15, 0.2) is 5.78 Å². The van der Waals surface area contributed by atoms with Gasteiger partial charge in [-0.15, -0.1) is 0 Å². The van der Waals surface area contributed by atoms with Crippen molar-refractivity contribution in [3.05, 3.63) is 23.3 Å². The Kier molecular flexibility index (Phi) is 5.30. The predicted octanol–water partition coefficient (Wildman–Crippen LogP) is 2.65. The highest BCUT2D eigenvalue weighted by atomic mass is 32.1. The smallest absolute Gasteiger partial charge is 0.264 e. The quantitative estimate of drug-likeness (QED) is 0.522. The summed E-state index contributed by atoms with van der Waals surface area (Å²) < 4.78 is 5.64. The first-order valence-corrected chi connectivity index (χ1v) is 6.60. The number of ketones is 1. The van der Waals surface area contributed by atoms with Crippen molar-refractivity contribution >= 4 is 28.9 Å². The summed E-state index contributed by atoms with van der Waals surface area (Å²) in [6, 6.07) is 3.44. The lowest BCUT2D eigenvalue weighted by molar-refractivity contribution is 0.101. The number of nitrogens with zero attached hydrogens (tertiary/aromatic N) is 1. The zero-order valence-electron chi connectivity index (χ0n) is 11.8. The highest BCUT2D eigenvalue weighted by Gasteiger charge is 2.15. The van der Waals surface area contributed by atoms with Gasteiger partial charge in [0.1, 0.15) is 5.75 Å². The summed E-state index contributed by atoms with van der Waals surface area (Å²) in [7, 11) is 3.63. The number of nitrogen functional groups attached to an aromatic ring is 1. The number of nitrogens with two attached hydrogens (primary N) is 1. The van der Waals surface area contributed by atoms with Gasteiger partial charge in [-0.3, -0.25) is 4.79 Å². The number of Topliss-reactive ketones (excluding diaryl/α,β-unsaturated/α-hetero) is 1. The lowest BCUT2D eigenvalue weighted by atomic mass is 10.0. The van der Waals surface area contributed by atoms with Crippen LogP contribution in [0, 0.1) is 0 Å². The molecule has 104 valence electrons. The third kappa shape index (κ3) is 3.67. The minimum absolute atomic E-state index is 0.0448. The molecular formula is C14H20N2O2S. The normalized spacial score (nSPS) is 10.1. The molecule has 0 saturated heterocycles. The van der Waals surface area contributed by atoms with Gasteiger partial charge in [0, 0.05) is 30.9 Å². The Morgan fingerprint density at radius 1 is 1.42 bits per heavy atom. The Hall–Kier alpha value is -1.62. The van der Waals surface area contributed by atoms with Gasteiger partial charge < -0.3 is 15.4 Å². The molecule has 0 bridgehead atoms. The second kappa shape index (κ2) is 6.52. The van der Waals surface area contributed by atoms with Crippen LogP contribution in [0.4, 0.5) is 5.69 Å². The van der Waals surface area contributed by atoms with Gasteiger partial charge in [0.2, 0.25) is 0 Å². The molecule has 4 nitrogen and oxygen atoms in total. The molecule has 0 saturated carbocycles. The van der Waals surface area contributed by atoms with Crippen LogP contribution < -0.4 is 10.5 Å². The van der Waals surface area contributed by atoms with E-state index < -0.39 is 0 Å². The first-order chi connectivity index (χ1) is 8.88. The number of hydrogen-bond acceptors (Lipinski definition) is 4. The Labute approximate surface area is 119 Å². The number of hydrogen-bond donors (Lipinski definition) is 1. The number of carbonyl (C=O) groups is 1. The third-order valence-electron chi connectivity index (χ3n) is 2.76. The summed E-state index contributed by atoms with van der Waals surface area (Å²) in [6.45, 7) is 3.56. The van der Waals surface area contributed by atoms with Gasteiger partial charge in [-0.2, -0.15) is 0 Å². The molecule has 0 heterocycles. The van der Waals surface area contributed by atoms with E-state index in [1.54, 1.807) is 17.0 Å². The van der Waals surface area contributed by atoms with Crippen molar-refractivity contribution in [2.24, 2.45) is 0 Å². The molecule has 5 heteroatoms. The highest BCUT2D eigenvalue weighted by Crippen LogP contribution is 2.30. The molecule has 0 fully saturated rings. The first-order valence-electron chi connectivity index (χ1n) is 6.19. The van der Waals surface area contributed by atoms with E-state index in [9.17, 15) is 4.79 Å². The molecule has 0 aliphatic carbocycles. The van der Waals surface area contributed by atoms with Crippen LogP contribution >= 0.6 is 12.2 Å². The maximum atomic E-state index is 11.5. The zero-order chi connectivity index (χ0) is 14.6. The number of ether oxygens (including phenoxy) is 1. The molecule has 0 spiro atoms. The molecule has 1 aromatic rings. The van der Waals surface area contributed by atoms with E-state index in [0.717, 1.165) is 18.4 Å². The fourth-order valence-corrected chi connectivity index (χ4v) is 1.83. The monoisotopic (exact) mass is 280 g/mol. The summed E-state index contributed by atoms with van der Waals surface area (Å²) in [6.07, 6.45) is 1.66. The van der Waals surface area contributed by atoms with Crippen LogP contribution in [0.1, 0.15) is 36.2 Å². The predicted molar refractivity (Wildman–Crippen MR) is 81.8 cm³/mol. The highest BCUT2D eigenvalue weighted by molar-refractivity contribution is 7.80. The van der Waals surface area contributed by atoms with Crippen molar-refractivity contribution in [3.8, 4) is 5.75 Å². The minimum Gasteiger partial charge on any atom is -0.431 e. The van der Waals surface area contributed by atoms with E-state index in [1.165, 1.54) is 6.92 Å². The average molecular weight is 280 g/mol. The van der Waals surface area contributed by atoms with Crippen molar-refractivity contribution in [1.82, 2.24) is 4.90 Å². The van der Waals surface area contributed by atoms with Crippen LogP contribution in [-0.2, 0) is 6.42 Å². The van der Waals surface area contributed by atoms with Gasteiger partial charge in [0.05, 0.1) is 0 Å². The summed E-state index contributed by atoms with van der Waals surface area (Å²) in [4.78, 5) is 13.2. The molecule has 0 aromatic heterocycles. The molecule has 19 heavy (non-hydrogen) atoms. The van der Waals surface area contributed by atoms with Gasteiger partial charge in [-0.1, -0.05) is 13.3 Å². The van der Waals surface area contributed by atoms with E-state index in [-0.39, 0.29) is 5.78 Å². The minimum atomic E-state index is -0.0448. The van der Waals surface area contributed by atoms with E-state index in [1.807, 2.05) is 21.0 Å². The van der Waals surface area contributed by atoms with Gasteiger partial charge in [-0.05, 0) is 37.7 Å². The van der Waals surface area contributed by atoms with Crippen molar-refractivity contribution < 1.29 is 9.53 Å². The van der Waals surface area contributed by atoms with Gasteiger partial charge in [-0.25, -0.2) is 0 Å². The number of benzene rings is 1. The summed E-state index contributed by atoms with van der Waals surface area (Å²) in [5.74, 6) is 0.583. The van der Waals surface area contributed by atoms with Gasteiger partial charge in [0.25, 0.3) is 5.17 Å². The van der Waals surface area contributed by atoms with Crippen LogP contribution in [0.2, 0.25) is 0 Å². The number of anilines is 1. The number of carbonyl (C=O) groups excluding carboxylic acids is 1. The third-order valence-corrected chi connectivity index (χ3v) is 3.20. The second-order valence-corrected chi connectivity index (χ2v) is 4.92. The topological polar surface area (TPSA) is 55.6 Å². The summed E-state index contributed by atoms with van der Waals surface area (Å²) in [5, 5.41) is 0.368. The Morgan fingerprint density at radius 2 is 2.05 bits per heavy atom. The lowest BCUT2D eigenvalue weighted by Crippen LogP contribution is -2.25. The Morgan fingerprint density at radius 3 is 2.53 bits per heavy atom. The van der Waals surface area contributed by atoms with Gasteiger partial charge >= 0.3 is 0 Å². The molecule has 1 rings (SSSR count). The largest absolute Gasteiger partial charge is 0.431 e. The molecule has 1 aromatic carbocycles. The van der Waals surface area contributed by atoms with Crippen molar-refractivity contribution in [2.45, 2.75) is 26.7 Å². The summed E-state index contributed by atoms with van der Waals surface area (Å²) in [5.41, 5.74) is 7.94. The van der Waals surface area contributed by atoms with Crippen LogP contribution in [0.15, 0.2) is 12.1 Å². The zero-order valence-corrected chi connectivity index (χ0v) is 12.6. The van der Waals surface area contributed by atoms with E-state index in [4.69, 9.17) is 22.7 Å². The maximum Gasteiger partial charge on any atom is 0.264 e. The van der Waals surface area contributed by atoms with Crippen LogP contribution in [-0.4, -0.2) is 30.0 Å². The second-order valence-electron chi connectivity index (χ2n) is 4.57. The van der Waals surface area contributed by atoms with E-state index in [2.05, 4.69) is 0 Å². The molecule has 2 N–H and O–H groups in total. The first kappa shape index (κ1) is 15.4. The van der Waals surface area contributed by atoms with Crippen molar-refractivity contribution in [2.75, 3.05) is 19.8 Å². The molecule has 0 aliphatic heterocycles. The van der Waals surface area contributed by atoms with Crippen LogP contribution in [0.25, 0.3) is 0 Å². The van der Waals surface area contributed by atoms with Crippen LogP contribution in [0.5, 0.6) is 5.75 Å². The lowest BCUT2D eigenvalue weighted by Gasteiger charge is -2.18. The fraction of sp³-hybridized carbons (Fsp3) is 0.429. The molecule has 0 amide bonds. The van der Waals surface area contributed by atoms with E-state index >= 15 is 0 Å². The Balaban J connectivity index is 3.21. The van der Waals surface area contributed by atoms with E-state index in [0.29, 0.717) is 22.2 Å². The number of thiocarbonyl (C=S) groups is 1. The fourth-order valence-electron chi connectivity index (χ4n) is 1.74.